The molecule has 0 bridgehead atoms. The van der Waals surface area contributed by atoms with E-state index in [1.807, 2.05) is 86.0 Å². The second kappa shape index (κ2) is 8.48. The zero-order chi connectivity index (χ0) is 22.0. The van der Waals surface area contributed by atoms with Crippen molar-refractivity contribution in [3.8, 4) is 0 Å². The zero-order valence-corrected chi connectivity index (χ0v) is 19.7. The lowest BCUT2D eigenvalue weighted by Gasteiger charge is -2.39. The minimum Gasteiger partial charge on any atom is -0.309 e. The van der Waals surface area contributed by atoms with Gasteiger partial charge >= 0.3 is 0 Å². The van der Waals surface area contributed by atoms with Gasteiger partial charge in [-0.15, -0.1) is 5.10 Å². The molecule has 2 rings (SSSR count). The molecule has 0 fully saturated rings. The van der Waals surface area contributed by atoms with Crippen LogP contribution in [-0.2, 0) is 14.5 Å². The molecule has 7 heteroatoms. The van der Waals surface area contributed by atoms with Gasteiger partial charge in [-0.2, -0.15) is 0 Å². The molecule has 29 heavy (non-hydrogen) atoms. The van der Waals surface area contributed by atoms with Crippen LogP contribution in [0, 0.1) is 10.8 Å². The number of thioether (sulfide) groups is 1. The summed E-state index contributed by atoms with van der Waals surface area (Å²) in [6.07, 6.45) is 0.675. The maximum Gasteiger partial charge on any atom is 0.249 e. The van der Waals surface area contributed by atoms with E-state index in [9.17, 15) is 9.59 Å². The van der Waals surface area contributed by atoms with Gasteiger partial charge in [0.1, 0.15) is 4.87 Å². The molecule has 1 aromatic carbocycles. The molecule has 0 aliphatic carbocycles. The molecule has 0 radical (unpaired) electrons. The number of carbonyl (C=O) groups excluding carboxylic acids is 2. The highest BCUT2D eigenvalue weighted by Crippen LogP contribution is 2.49. The summed E-state index contributed by atoms with van der Waals surface area (Å²) in [5, 5.41) is 9.62. The third-order valence-electron chi connectivity index (χ3n) is 4.66. The van der Waals surface area contributed by atoms with Gasteiger partial charge in [-0.25, -0.2) is 5.01 Å². The minimum absolute atomic E-state index is 0.0763. The summed E-state index contributed by atoms with van der Waals surface area (Å²) in [5.74, 6) is -0.198. The Morgan fingerprint density at radius 3 is 2.14 bits per heavy atom. The van der Waals surface area contributed by atoms with Crippen molar-refractivity contribution in [3.05, 3.63) is 35.9 Å². The number of hydrazone groups is 1. The number of rotatable bonds is 4. The first-order chi connectivity index (χ1) is 13.3. The van der Waals surface area contributed by atoms with Crippen LogP contribution in [0.25, 0.3) is 0 Å². The van der Waals surface area contributed by atoms with Crippen LogP contribution < -0.4 is 5.32 Å². The average Bonchev–Trinajstić information content (AvgIpc) is 2.97. The number of nitrogens with one attached hydrogen (secondary N) is 1. The third kappa shape index (κ3) is 5.39. The summed E-state index contributed by atoms with van der Waals surface area (Å²) in [6, 6.07) is 9.95. The normalized spacial score (nSPS) is 20.0. The number of amides is 2. The van der Waals surface area contributed by atoms with Gasteiger partial charge in [0.15, 0.2) is 5.17 Å². The Bertz CT molecular complexity index is 778. The Hall–Kier alpha value is -1.86. The molecule has 1 atom stereocenters. The molecule has 1 aliphatic rings. The largest absolute Gasteiger partial charge is 0.309 e. The van der Waals surface area contributed by atoms with Crippen molar-refractivity contribution in [2.75, 3.05) is 20.6 Å². The summed E-state index contributed by atoms with van der Waals surface area (Å²) < 4.78 is 0. The van der Waals surface area contributed by atoms with Crippen molar-refractivity contribution >= 4 is 28.7 Å². The van der Waals surface area contributed by atoms with Crippen LogP contribution in [0.5, 0.6) is 0 Å². The fourth-order valence-electron chi connectivity index (χ4n) is 2.81. The topological polar surface area (TPSA) is 65.0 Å². The maximum absolute atomic E-state index is 13.4. The van der Waals surface area contributed by atoms with Gasteiger partial charge in [-0.05, 0) is 26.1 Å². The smallest absolute Gasteiger partial charge is 0.249 e. The molecule has 2 amide bonds. The average molecular weight is 419 g/mol. The molecular weight excluding hydrogens is 384 g/mol. The van der Waals surface area contributed by atoms with E-state index in [-0.39, 0.29) is 11.8 Å². The van der Waals surface area contributed by atoms with E-state index in [1.165, 1.54) is 11.8 Å². The van der Waals surface area contributed by atoms with E-state index < -0.39 is 15.7 Å². The Kier molecular flexibility index (Phi) is 6.85. The van der Waals surface area contributed by atoms with Crippen LogP contribution in [0.2, 0.25) is 0 Å². The molecule has 0 saturated carbocycles. The predicted molar refractivity (Wildman–Crippen MR) is 120 cm³/mol. The van der Waals surface area contributed by atoms with Gasteiger partial charge in [0.25, 0.3) is 0 Å². The van der Waals surface area contributed by atoms with Crippen LogP contribution in [0.1, 0.15) is 53.5 Å². The zero-order valence-electron chi connectivity index (χ0n) is 18.9. The van der Waals surface area contributed by atoms with Crippen LogP contribution in [0.4, 0.5) is 0 Å². The number of hydrogen-bond acceptors (Lipinski definition) is 5. The first-order valence-corrected chi connectivity index (χ1v) is 10.7. The number of hydrogen-bond donors (Lipinski definition) is 1. The van der Waals surface area contributed by atoms with E-state index in [2.05, 4.69) is 15.3 Å². The highest BCUT2D eigenvalue weighted by atomic mass is 32.2. The van der Waals surface area contributed by atoms with Crippen molar-refractivity contribution in [1.82, 2.24) is 15.2 Å². The van der Waals surface area contributed by atoms with E-state index in [1.54, 1.807) is 5.01 Å². The Balaban J connectivity index is 2.53. The van der Waals surface area contributed by atoms with Gasteiger partial charge in [0.2, 0.25) is 11.8 Å². The van der Waals surface area contributed by atoms with E-state index in [0.29, 0.717) is 11.6 Å². The first-order valence-electron chi connectivity index (χ1n) is 9.91. The molecule has 0 aromatic heterocycles. The number of carbonyl (C=O) groups is 2. The van der Waals surface area contributed by atoms with Gasteiger partial charge < -0.3 is 10.2 Å². The van der Waals surface area contributed by atoms with Crippen LogP contribution in [-0.4, -0.2) is 47.5 Å². The van der Waals surface area contributed by atoms with E-state index >= 15 is 0 Å². The Morgan fingerprint density at radius 1 is 1.07 bits per heavy atom. The van der Waals surface area contributed by atoms with Crippen molar-refractivity contribution < 1.29 is 9.59 Å². The maximum atomic E-state index is 13.4. The second-order valence-corrected chi connectivity index (χ2v) is 11.0. The SMILES string of the molecule is CN(C)CCC1(c2ccccc2)SC(NC(=O)C(C)(C)C)=NN1C(=O)C(C)(C)C. The molecule has 160 valence electrons. The van der Waals surface area contributed by atoms with Gasteiger partial charge in [-0.3, -0.25) is 9.59 Å². The number of amidine groups is 1. The van der Waals surface area contributed by atoms with E-state index in [4.69, 9.17) is 0 Å². The quantitative estimate of drug-likeness (QED) is 0.807. The molecule has 1 aromatic rings. The molecule has 0 spiro atoms. The minimum atomic E-state index is -0.712. The van der Waals surface area contributed by atoms with Gasteiger partial charge in [0.05, 0.1) is 0 Å². The van der Waals surface area contributed by atoms with Crippen molar-refractivity contribution in [2.45, 2.75) is 52.8 Å². The fraction of sp³-hybridized carbons (Fsp3) is 0.591. The molecule has 1 N–H and O–H groups in total. The third-order valence-corrected chi connectivity index (χ3v) is 5.98. The Morgan fingerprint density at radius 2 is 1.66 bits per heavy atom. The predicted octanol–water partition coefficient (Wildman–Crippen LogP) is 3.85. The molecule has 6 nitrogen and oxygen atoms in total. The van der Waals surface area contributed by atoms with Gasteiger partial charge in [0, 0.05) is 17.4 Å². The highest BCUT2D eigenvalue weighted by molar-refractivity contribution is 8.14. The molecule has 1 unspecified atom stereocenters. The molecular formula is C22H34N4O2S. The number of nitrogens with zero attached hydrogens (tertiary/aromatic N) is 3. The lowest BCUT2D eigenvalue weighted by Crippen LogP contribution is -2.47. The van der Waals surface area contributed by atoms with Crippen LogP contribution in [0.3, 0.4) is 0 Å². The fourth-order valence-corrected chi connectivity index (χ4v) is 4.06. The molecule has 0 saturated heterocycles. The highest BCUT2D eigenvalue weighted by Gasteiger charge is 2.50. The van der Waals surface area contributed by atoms with Gasteiger partial charge in [-0.1, -0.05) is 83.6 Å². The second-order valence-electron chi connectivity index (χ2n) is 9.78. The number of benzene rings is 1. The van der Waals surface area contributed by atoms with Crippen LogP contribution in [0.15, 0.2) is 35.4 Å². The summed E-state index contributed by atoms with van der Waals surface area (Å²) in [4.78, 5) is 27.4. The van der Waals surface area contributed by atoms with Crippen LogP contribution >= 0.6 is 11.8 Å². The summed E-state index contributed by atoms with van der Waals surface area (Å²) >= 11 is 1.45. The summed E-state index contributed by atoms with van der Waals surface area (Å²) in [5.41, 5.74) is -0.164. The summed E-state index contributed by atoms with van der Waals surface area (Å²) in [6.45, 7) is 12.0. The van der Waals surface area contributed by atoms with Crippen molar-refractivity contribution in [2.24, 2.45) is 15.9 Å². The standard InChI is InChI=1S/C22H34N4O2S/c1-20(2,3)17(27)23-19-24-26(18(28)21(4,5)6)22(29-19,14-15-25(7)8)16-12-10-9-11-13-16/h9-13H,14-15H2,1-8H3,(H,23,24,27). The first kappa shape index (κ1) is 23.4. The molecule has 1 heterocycles. The van der Waals surface area contributed by atoms with Crippen molar-refractivity contribution in [3.63, 3.8) is 0 Å². The monoisotopic (exact) mass is 418 g/mol. The molecule has 1 aliphatic heterocycles. The lowest BCUT2D eigenvalue weighted by atomic mass is 9.93. The Labute approximate surface area is 179 Å². The van der Waals surface area contributed by atoms with Crippen molar-refractivity contribution in [1.29, 1.82) is 0 Å². The van der Waals surface area contributed by atoms with E-state index in [0.717, 1.165) is 12.1 Å². The lowest BCUT2D eigenvalue weighted by molar-refractivity contribution is -0.143. The summed E-state index contributed by atoms with van der Waals surface area (Å²) in [7, 11) is 4.02.